The van der Waals surface area contributed by atoms with Crippen molar-refractivity contribution in [3.8, 4) is 0 Å². The normalized spacial score (nSPS) is 15.5. The molecule has 1 fully saturated rings. The van der Waals surface area contributed by atoms with Crippen LogP contribution in [-0.4, -0.2) is 64.4 Å². The molecule has 0 aliphatic carbocycles. The predicted molar refractivity (Wildman–Crippen MR) is 166 cm³/mol. The smallest absolute Gasteiger partial charge is 0.329 e. The first-order valence-corrected chi connectivity index (χ1v) is 15.6. The molecular formula is C35H47FN2O6. The molecule has 2 aromatic rings. The van der Waals surface area contributed by atoms with E-state index in [1.54, 1.807) is 37.8 Å². The van der Waals surface area contributed by atoms with Gasteiger partial charge < -0.3 is 20.1 Å². The molecule has 3 rings (SSSR count). The molecule has 1 saturated heterocycles. The van der Waals surface area contributed by atoms with E-state index in [1.165, 1.54) is 12.1 Å². The molecule has 2 N–H and O–H groups in total. The van der Waals surface area contributed by atoms with Gasteiger partial charge in [-0.2, -0.15) is 0 Å². The number of hydrogen-bond acceptors (Lipinski definition) is 6. The number of unbranched alkanes of at least 4 members (excludes halogenated alkanes) is 1. The van der Waals surface area contributed by atoms with Crippen molar-refractivity contribution in [3.05, 3.63) is 71.0 Å². The number of amides is 2. The highest BCUT2D eigenvalue weighted by atomic mass is 19.1. The first-order chi connectivity index (χ1) is 20.9. The van der Waals surface area contributed by atoms with Gasteiger partial charge in [0.05, 0.1) is 6.04 Å². The summed E-state index contributed by atoms with van der Waals surface area (Å²) < 4.78 is 19.1. The molecule has 0 saturated carbocycles. The van der Waals surface area contributed by atoms with Crippen molar-refractivity contribution in [1.82, 2.24) is 10.2 Å². The number of halogens is 1. The maximum Gasteiger partial charge on any atom is 0.329 e. The number of hydrogen-bond donors (Lipinski definition) is 2. The Morgan fingerprint density at radius 3 is 2.39 bits per heavy atom. The Kier molecular flexibility index (Phi) is 13.1. The van der Waals surface area contributed by atoms with Crippen molar-refractivity contribution in [2.75, 3.05) is 13.2 Å². The zero-order valence-corrected chi connectivity index (χ0v) is 26.4. The Balaban J connectivity index is 1.86. The molecule has 3 atom stereocenters. The molecule has 1 aliphatic heterocycles. The van der Waals surface area contributed by atoms with Crippen LogP contribution in [0.25, 0.3) is 0 Å². The summed E-state index contributed by atoms with van der Waals surface area (Å²) in [4.78, 5) is 55.3. The molecule has 1 aliphatic rings. The summed E-state index contributed by atoms with van der Waals surface area (Å²) in [6, 6.07) is 12.2. The number of nitrogens with one attached hydrogen (secondary N) is 1. The van der Waals surface area contributed by atoms with E-state index in [1.807, 2.05) is 31.2 Å². The molecule has 44 heavy (non-hydrogen) atoms. The van der Waals surface area contributed by atoms with E-state index in [-0.39, 0.29) is 43.4 Å². The maximum absolute atomic E-state index is 14.0. The summed E-state index contributed by atoms with van der Waals surface area (Å²) >= 11 is 0. The summed E-state index contributed by atoms with van der Waals surface area (Å²) in [5.41, 5.74) is 2.03. The molecule has 240 valence electrons. The fourth-order valence-electron chi connectivity index (χ4n) is 5.53. The summed E-state index contributed by atoms with van der Waals surface area (Å²) in [7, 11) is 0. The molecule has 9 heteroatoms. The van der Waals surface area contributed by atoms with Crippen LogP contribution >= 0.6 is 0 Å². The first-order valence-electron chi connectivity index (χ1n) is 15.6. The van der Waals surface area contributed by atoms with Crippen LogP contribution in [0.15, 0.2) is 48.5 Å². The standard InChI is InChI=1S/C35H47FN2O6/c1-24-9-7-10-26(21-24)22-30(38-19-8-12-32(38)41)31(40)23-27(16-13-25-14-17-28(36)18-15-25)33(42)37-29(11-5-6-20-39)34(43)44-35(2,3)4/h7,9-10,14-15,17-18,21,27,29-30,39H,5-6,8,11-13,16,19-20,22-23H2,1-4H3,(H,37,42)/t27-,29+,30?/m1/s1. The Morgan fingerprint density at radius 1 is 1.05 bits per heavy atom. The highest BCUT2D eigenvalue weighted by molar-refractivity contribution is 5.94. The number of carbonyl (C=O) groups is 4. The fraction of sp³-hybridized carbons (Fsp3) is 0.543. The Hall–Kier alpha value is -3.59. The third kappa shape index (κ3) is 11.2. The predicted octanol–water partition coefficient (Wildman–Crippen LogP) is 4.86. The van der Waals surface area contributed by atoms with E-state index in [9.17, 15) is 28.7 Å². The monoisotopic (exact) mass is 610 g/mol. The van der Waals surface area contributed by atoms with Gasteiger partial charge in [0.15, 0.2) is 5.78 Å². The van der Waals surface area contributed by atoms with Crippen molar-refractivity contribution in [2.24, 2.45) is 5.92 Å². The van der Waals surface area contributed by atoms with Crippen LogP contribution in [0.5, 0.6) is 0 Å². The molecular weight excluding hydrogens is 563 g/mol. The fourth-order valence-corrected chi connectivity index (χ4v) is 5.53. The molecule has 0 spiro atoms. The third-order valence-electron chi connectivity index (χ3n) is 7.79. The lowest BCUT2D eigenvalue weighted by Gasteiger charge is -2.29. The number of aliphatic hydroxyl groups excluding tert-OH is 1. The van der Waals surface area contributed by atoms with Crippen molar-refractivity contribution in [1.29, 1.82) is 0 Å². The van der Waals surface area contributed by atoms with Crippen LogP contribution in [-0.2, 0) is 36.8 Å². The first kappa shape index (κ1) is 34.9. The lowest BCUT2D eigenvalue weighted by molar-refractivity contribution is -0.159. The quantitative estimate of drug-likeness (QED) is 0.207. The highest BCUT2D eigenvalue weighted by Gasteiger charge is 2.36. The van der Waals surface area contributed by atoms with Crippen LogP contribution in [0, 0.1) is 18.7 Å². The van der Waals surface area contributed by atoms with E-state index in [0.29, 0.717) is 45.1 Å². The van der Waals surface area contributed by atoms with E-state index in [2.05, 4.69) is 5.32 Å². The second-order valence-electron chi connectivity index (χ2n) is 12.7. The minimum absolute atomic E-state index is 0.0403. The van der Waals surface area contributed by atoms with E-state index < -0.39 is 35.5 Å². The average molecular weight is 611 g/mol. The summed E-state index contributed by atoms with van der Waals surface area (Å²) in [5.74, 6) is -2.48. The van der Waals surface area contributed by atoms with E-state index in [4.69, 9.17) is 4.74 Å². The number of ether oxygens (including phenoxy) is 1. The largest absolute Gasteiger partial charge is 0.458 e. The van der Waals surface area contributed by atoms with Gasteiger partial charge in [-0.3, -0.25) is 14.4 Å². The molecule has 0 radical (unpaired) electrons. The van der Waals surface area contributed by atoms with Crippen LogP contribution < -0.4 is 5.32 Å². The minimum atomic E-state index is -0.944. The van der Waals surface area contributed by atoms with Gasteiger partial charge in [-0.1, -0.05) is 42.0 Å². The highest BCUT2D eigenvalue weighted by Crippen LogP contribution is 2.24. The molecule has 8 nitrogen and oxygen atoms in total. The zero-order valence-electron chi connectivity index (χ0n) is 26.4. The summed E-state index contributed by atoms with van der Waals surface area (Å²) in [6.07, 6.45) is 3.23. The number of carbonyl (C=O) groups excluding carboxylic acids is 4. The summed E-state index contributed by atoms with van der Waals surface area (Å²) in [5, 5.41) is 12.1. The van der Waals surface area contributed by atoms with Gasteiger partial charge in [-0.15, -0.1) is 0 Å². The molecule has 1 unspecified atom stereocenters. The van der Waals surface area contributed by atoms with Gasteiger partial charge in [0.25, 0.3) is 0 Å². The molecule has 0 aromatic heterocycles. The Morgan fingerprint density at radius 2 is 1.77 bits per heavy atom. The van der Waals surface area contributed by atoms with Crippen LogP contribution in [0.2, 0.25) is 0 Å². The van der Waals surface area contributed by atoms with Crippen LogP contribution in [0.1, 0.15) is 82.4 Å². The second kappa shape index (κ2) is 16.5. The summed E-state index contributed by atoms with van der Waals surface area (Å²) in [6.45, 7) is 7.65. The van der Waals surface area contributed by atoms with Gasteiger partial charge in [-0.05, 0) is 95.9 Å². The number of Topliss-reactive ketones (excluding diaryl/α,β-unsaturated/α-hetero) is 1. The molecule has 0 bridgehead atoms. The molecule has 1 heterocycles. The van der Waals surface area contributed by atoms with Gasteiger partial charge in [0.1, 0.15) is 17.5 Å². The van der Waals surface area contributed by atoms with Gasteiger partial charge >= 0.3 is 5.97 Å². The number of ketones is 1. The Bertz CT molecular complexity index is 1270. The zero-order chi connectivity index (χ0) is 32.3. The van der Waals surface area contributed by atoms with Crippen LogP contribution in [0.3, 0.4) is 0 Å². The second-order valence-corrected chi connectivity index (χ2v) is 12.7. The SMILES string of the molecule is Cc1cccc(CC(C(=O)C[C@@H](CCc2ccc(F)cc2)C(=O)N[C@@H](CCCCO)C(=O)OC(C)(C)C)N2CCCC2=O)c1. The minimum Gasteiger partial charge on any atom is -0.458 e. The van der Waals surface area contributed by atoms with Gasteiger partial charge in [-0.25, -0.2) is 9.18 Å². The third-order valence-corrected chi connectivity index (χ3v) is 7.79. The number of aliphatic hydroxyl groups is 1. The molecule has 2 aromatic carbocycles. The van der Waals surface area contributed by atoms with Crippen molar-refractivity contribution >= 4 is 23.6 Å². The van der Waals surface area contributed by atoms with Crippen molar-refractivity contribution < 1.29 is 33.4 Å². The number of esters is 1. The van der Waals surface area contributed by atoms with Crippen LogP contribution in [0.4, 0.5) is 4.39 Å². The number of aryl methyl sites for hydroxylation is 2. The lowest BCUT2D eigenvalue weighted by Crippen LogP contribution is -2.48. The number of benzene rings is 2. The maximum atomic E-state index is 14.0. The number of rotatable bonds is 16. The number of nitrogens with zero attached hydrogens (tertiary/aromatic N) is 1. The Labute approximate surface area is 260 Å². The lowest BCUT2D eigenvalue weighted by atomic mass is 9.89. The van der Waals surface area contributed by atoms with E-state index in [0.717, 1.165) is 16.7 Å². The molecule has 2 amide bonds. The van der Waals surface area contributed by atoms with Crippen molar-refractivity contribution in [3.63, 3.8) is 0 Å². The topological polar surface area (TPSA) is 113 Å². The number of likely N-dealkylation sites (tertiary alicyclic amines) is 1. The van der Waals surface area contributed by atoms with E-state index >= 15 is 0 Å². The van der Waals surface area contributed by atoms with Gasteiger partial charge in [0.2, 0.25) is 11.8 Å². The van der Waals surface area contributed by atoms with Gasteiger partial charge in [0, 0.05) is 31.9 Å². The average Bonchev–Trinajstić information content (AvgIpc) is 3.38. The van der Waals surface area contributed by atoms with Crippen molar-refractivity contribution in [2.45, 2.75) is 103 Å².